The highest BCUT2D eigenvalue weighted by molar-refractivity contribution is 7.80. The largest absolute Gasteiger partial charge is 0.358 e. The van der Waals surface area contributed by atoms with Crippen molar-refractivity contribution < 1.29 is 0 Å². The van der Waals surface area contributed by atoms with Gasteiger partial charge in [0, 0.05) is 18.6 Å². The molecule has 112 valence electrons. The fraction of sp³-hybridized carbons (Fsp3) is 0.938. The first kappa shape index (κ1) is 16.7. The van der Waals surface area contributed by atoms with Crippen LogP contribution in [0.5, 0.6) is 0 Å². The molecule has 1 saturated carbocycles. The lowest BCUT2D eigenvalue weighted by atomic mass is 9.82. The number of hydrogen-bond donors (Lipinski definition) is 1. The third kappa shape index (κ3) is 6.11. The van der Waals surface area contributed by atoms with E-state index in [1.165, 1.54) is 32.1 Å². The third-order valence-corrected chi connectivity index (χ3v) is 4.25. The molecule has 0 aromatic rings. The summed E-state index contributed by atoms with van der Waals surface area (Å²) in [4.78, 5) is 2.29. The molecule has 0 heterocycles. The second-order valence-corrected chi connectivity index (χ2v) is 8.34. The topological polar surface area (TPSA) is 15.3 Å². The molecule has 0 amide bonds. The standard InChI is InChI=1S/C16H32N2S/c1-15(2,3)12-16(4,5)17-14(19)18(6)13-10-8-7-9-11-13/h13H,7-12H2,1-6H3,(H,17,19). The Bertz CT molecular complexity index is 298. The minimum Gasteiger partial charge on any atom is -0.358 e. The average molecular weight is 285 g/mol. The Labute approximate surface area is 125 Å². The minimum absolute atomic E-state index is 0.0538. The summed E-state index contributed by atoms with van der Waals surface area (Å²) in [6.07, 6.45) is 7.78. The van der Waals surface area contributed by atoms with Crippen LogP contribution >= 0.6 is 12.2 Å². The molecule has 1 aliphatic rings. The molecule has 0 aliphatic heterocycles. The third-order valence-electron chi connectivity index (χ3n) is 3.86. The second-order valence-electron chi connectivity index (χ2n) is 7.95. The lowest BCUT2D eigenvalue weighted by Crippen LogP contribution is -2.52. The number of rotatable bonds is 3. The number of hydrogen-bond acceptors (Lipinski definition) is 1. The van der Waals surface area contributed by atoms with Gasteiger partial charge in [-0.05, 0) is 50.7 Å². The molecule has 0 spiro atoms. The maximum Gasteiger partial charge on any atom is 0.169 e. The van der Waals surface area contributed by atoms with Gasteiger partial charge in [-0.15, -0.1) is 0 Å². The minimum atomic E-state index is 0.0538. The molecule has 0 aromatic carbocycles. The van der Waals surface area contributed by atoms with Gasteiger partial charge in [-0.1, -0.05) is 40.0 Å². The highest BCUT2D eigenvalue weighted by Gasteiger charge is 2.28. The maximum absolute atomic E-state index is 5.61. The summed E-state index contributed by atoms with van der Waals surface area (Å²) >= 11 is 5.61. The van der Waals surface area contributed by atoms with Crippen LogP contribution in [0.3, 0.4) is 0 Å². The van der Waals surface area contributed by atoms with Gasteiger partial charge in [-0.25, -0.2) is 0 Å². The van der Waals surface area contributed by atoms with Crippen molar-refractivity contribution in [1.82, 2.24) is 10.2 Å². The zero-order valence-electron chi connectivity index (χ0n) is 13.7. The van der Waals surface area contributed by atoms with Crippen LogP contribution in [0.15, 0.2) is 0 Å². The summed E-state index contributed by atoms with van der Waals surface area (Å²) in [7, 11) is 2.15. The zero-order chi connectivity index (χ0) is 14.7. The smallest absolute Gasteiger partial charge is 0.169 e. The lowest BCUT2D eigenvalue weighted by molar-refractivity contribution is 0.242. The van der Waals surface area contributed by atoms with Crippen molar-refractivity contribution in [3.8, 4) is 0 Å². The van der Waals surface area contributed by atoms with Gasteiger partial charge in [0.2, 0.25) is 0 Å². The molecular formula is C16H32N2S. The first-order valence-electron chi connectivity index (χ1n) is 7.66. The van der Waals surface area contributed by atoms with Gasteiger partial charge in [0.1, 0.15) is 0 Å². The molecule has 19 heavy (non-hydrogen) atoms. The molecule has 1 aliphatic carbocycles. The quantitative estimate of drug-likeness (QED) is 0.776. The van der Waals surface area contributed by atoms with E-state index >= 15 is 0 Å². The van der Waals surface area contributed by atoms with Crippen molar-refractivity contribution in [3.63, 3.8) is 0 Å². The Morgan fingerprint density at radius 1 is 1.11 bits per heavy atom. The van der Waals surface area contributed by atoms with Crippen LogP contribution < -0.4 is 5.32 Å². The van der Waals surface area contributed by atoms with Crippen molar-refractivity contribution in [1.29, 1.82) is 0 Å². The van der Waals surface area contributed by atoms with Crippen LogP contribution in [0.4, 0.5) is 0 Å². The van der Waals surface area contributed by atoms with Crippen molar-refractivity contribution in [3.05, 3.63) is 0 Å². The molecule has 1 N–H and O–H groups in total. The fourth-order valence-electron chi connectivity index (χ4n) is 3.38. The van der Waals surface area contributed by atoms with Gasteiger partial charge >= 0.3 is 0 Å². The number of nitrogens with zero attached hydrogens (tertiary/aromatic N) is 1. The molecule has 2 nitrogen and oxygen atoms in total. The maximum atomic E-state index is 5.61. The zero-order valence-corrected chi connectivity index (χ0v) is 14.5. The summed E-state index contributed by atoms with van der Waals surface area (Å²) in [5, 5.41) is 4.48. The summed E-state index contributed by atoms with van der Waals surface area (Å²) in [6, 6.07) is 0.638. The summed E-state index contributed by atoms with van der Waals surface area (Å²) < 4.78 is 0. The monoisotopic (exact) mass is 284 g/mol. The molecule has 3 heteroatoms. The summed E-state index contributed by atoms with van der Waals surface area (Å²) in [5.41, 5.74) is 0.369. The van der Waals surface area contributed by atoms with E-state index < -0.39 is 0 Å². The average Bonchev–Trinajstić information content (AvgIpc) is 2.25. The molecule has 0 radical (unpaired) electrons. The van der Waals surface area contributed by atoms with Gasteiger partial charge in [-0.2, -0.15) is 0 Å². The number of thiocarbonyl (C=S) groups is 1. The molecule has 0 atom stereocenters. The molecular weight excluding hydrogens is 252 g/mol. The first-order valence-corrected chi connectivity index (χ1v) is 8.06. The van der Waals surface area contributed by atoms with E-state index in [4.69, 9.17) is 12.2 Å². The van der Waals surface area contributed by atoms with Crippen molar-refractivity contribution >= 4 is 17.3 Å². The predicted octanol–water partition coefficient (Wildman–Crippen LogP) is 4.34. The molecule has 1 fully saturated rings. The Balaban J connectivity index is 2.52. The van der Waals surface area contributed by atoms with Crippen LogP contribution in [0.1, 0.15) is 73.1 Å². The van der Waals surface area contributed by atoms with Crippen LogP contribution in [0.25, 0.3) is 0 Å². The van der Waals surface area contributed by atoms with Gasteiger partial charge in [0.25, 0.3) is 0 Å². The normalized spacial score (nSPS) is 18.2. The van der Waals surface area contributed by atoms with Crippen LogP contribution in [-0.4, -0.2) is 28.6 Å². The van der Waals surface area contributed by atoms with Crippen LogP contribution in [-0.2, 0) is 0 Å². The SMILES string of the molecule is CN(C(=S)NC(C)(C)CC(C)(C)C)C1CCCCC1. The van der Waals surface area contributed by atoms with Crippen molar-refractivity contribution in [2.45, 2.75) is 84.7 Å². The van der Waals surface area contributed by atoms with E-state index in [1.807, 2.05) is 0 Å². The Kier molecular flexibility index (Phi) is 5.66. The molecule has 0 unspecified atom stereocenters. The van der Waals surface area contributed by atoms with E-state index in [1.54, 1.807) is 0 Å². The first-order chi connectivity index (χ1) is 8.61. The highest BCUT2D eigenvalue weighted by Crippen LogP contribution is 2.27. The fourth-order valence-corrected chi connectivity index (χ4v) is 3.81. The van der Waals surface area contributed by atoms with E-state index in [-0.39, 0.29) is 5.54 Å². The van der Waals surface area contributed by atoms with E-state index in [0.717, 1.165) is 11.5 Å². The van der Waals surface area contributed by atoms with E-state index in [0.29, 0.717) is 11.5 Å². The lowest BCUT2D eigenvalue weighted by Gasteiger charge is -2.39. The van der Waals surface area contributed by atoms with Gasteiger partial charge in [0.15, 0.2) is 5.11 Å². The van der Waals surface area contributed by atoms with Crippen LogP contribution in [0, 0.1) is 5.41 Å². The predicted molar refractivity (Wildman–Crippen MR) is 88.5 cm³/mol. The molecule has 0 saturated heterocycles. The van der Waals surface area contributed by atoms with Crippen LogP contribution in [0.2, 0.25) is 0 Å². The Hall–Kier alpha value is -0.310. The second kappa shape index (κ2) is 6.43. The van der Waals surface area contributed by atoms with Crippen molar-refractivity contribution in [2.75, 3.05) is 7.05 Å². The summed E-state index contributed by atoms with van der Waals surface area (Å²) in [5.74, 6) is 0. The van der Waals surface area contributed by atoms with Gasteiger partial charge in [0.05, 0.1) is 0 Å². The van der Waals surface area contributed by atoms with E-state index in [2.05, 4.69) is 51.9 Å². The molecule has 1 rings (SSSR count). The Morgan fingerprint density at radius 2 is 1.63 bits per heavy atom. The van der Waals surface area contributed by atoms with Crippen molar-refractivity contribution in [2.24, 2.45) is 5.41 Å². The Morgan fingerprint density at radius 3 is 2.11 bits per heavy atom. The molecule has 0 aromatic heterocycles. The number of nitrogens with one attached hydrogen (secondary N) is 1. The van der Waals surface area contributed by atoms with Gasteiger partial charge in [-0.3, -0.25) is 0 Å². The van der Waals surface area contributed by atoms with Gasteiger partial charge < -0.3 is 10.2 Å². The van der Waals surface area contributed by atoms with E-state index in [9.17, 15) is 0 Å². The highest BCUT2D eigenvalue weighted by atomic mass is 32.1. The molecule has 0 bridgehead atoms. The summed E-state index contributed by atoms with van der Waals surface area (Å²) in [6.45, 7) is 11.3.